The van der Waals surface area contributed by atoms with Crippen molar-refractivity contribution in [2.75, 3.05) is 0 Å². The number of halogens is 3. The molecule has 0 radical (unpaired) electrons. The van der Waals surface area contributed by atoms with Gasteiger partial charge in [-0.05, 0) is 6.07 Å². The SMILES string of the molecule is O=NCc1cc(F)cc(F)c1F. The lowest BCUT2D eigenvalue weighted by molar-refractivity contribution is 0.485. The molecule has 64 valence electrons. The molecule has 2 nitrogen and oxygen atoms in total. The summed E-state index contributed by atoms with van der Waals surface area (Å²) in [5.74, 6) is -3.46. The van der Waals surface area contributed by atoms with Gasteiger partial charge < -0.3 is 0 Å². The van der Waals surface area contributed by atoms with Crippen molar-refractivity contribution >= 4 is 0 Å². The van der Waals surface area contributed by atoms with Crippen LogP contribution in [0.4, 0.5) is 13.2 Å². The molecule has 0 spiro atoms. The van der Waals surface area contributed by atoms with Crippen molar-refractivity contribution in [3.63, 3.8) is 0 Å². The molecule has 0 aliphatic rings. The average Bonchev–Trinajstić information content (AvgIpc) is 2.00. The second-order valence-corrected chi connectivity index (χ2v) is 2.15. The molecule has 0 saturated heterocycles. The van der Waals surface area contributed by atoms with Gasteiger partial charge in [-0.15, -0.1) is 0 Å². The molecule has 0 aromatic heterocycles. The molecular weight excluding hydrogens is 171 g/mol. The Bertz CT molecular complexity index is 314. The van der Waals surface area contributed by atoms with Crippen molar-refractivity contribution in [3.05, 3.63) is 40.1 Å². The Morgan fingerprint density at radius 1 is 1.25 bits per heavy atom. The van der Waals surface area contributed by atoms with Gasteiger partial charge in [0.25, 0.3) is 0 Å². The van der Waals surface area contributed by atoms with Gasteiger partial charge in [-0.2, -0.15) is 4.91 Å². The highest BCUT2D eigenvalue weighted by atomic mass is 19.2. The maximum absolute atomic E-state index is 12.6. The van der Waals surface area contributed by atoms with E-state index in [4.69, 9.17) is 0 Å². The topological polar surface area (TPSA) is 29.4 Å². The van der Waals surface area contributed by atoms with E-state index in [0.717, 1.165) is 6.07 Å². The third kappa shape index (κ3) is 1.61. The smallest absolute Gasteiger partial charge is 0.164 e. The molecule has 0 aliphatic heterocycles. The molecule has 1 aromatic carbocycles. The lowest BCUT2D eigenvalue weighted by Gasteiger charge is -1.98. The number of nitrogens with zero attached hydrogens (tertiary/aromatic N) is 1. The quantitative estimate of drug-likeness (QED) is 0.501. The standard InChI is InChI=1S/C7H4F3NO/c8-5-1-4(3-11-12)7(10)6(9)2-5/h1-2H,3H2. The molecule has 1 rings (SSSR count). The van der Waals surface area contributed by atoms with E-state index < -0.39 is 24.0 Å². The van der Waals surface area contributed by atoms with Gasteiger partial charge in [0.05, 0.1) is 0 Å². The Balaban J connectivity index is 3.17. The number of nitroso groups, excluding NO2 is 1. The minimum Gasteiger partial charge on any atom is -0.207 e. The summed E-state index contributed by atoms with van der Waals surface area (Å²) in [6.45, 7) is -0.569. The molecule has 12 heavy (non-hydrogen) atoms. The Kier molecular flexibility index (Phi) is 2.42. The zero-order valence-corrected chi connectivity index (χ0v) is 5.85. The van der Waals surface area contributed by atoms with Crippen LogP contribution in [0.3, 0.4) is 0 Å². The lowest BCUT2D eigenvalue weighted by atomic mass is 10.2. The van der Waals surface area contributed by atoms with Crippen LogP contribution in [-0.2, 0) is 6.54 Å². The maximum atomic E-state index is 12.6. The maximum Gasteiger partial charge on any atom is 0.164 e. The van der Waals surface area contributed by atoms with E-state index in [0.29, 0.717) is 6.07 Å². The normalized spacial score (nSPS) is 9.92. The highest BCUT2D eigenvalue weighted by Crippen LogP contribution is 2.14. The molecule has 0 atom stereocenters. The molecule has 0 fully saturated rings. The van der Waals surface area contributed by atoms with Crippen LogP contribution in [0.1, 0.15) is 5.56 Å². The molecular formula is C7H4F3NO. The van der Waals surface area contributed by atoms with Crippen molar-refractivity contribution in [3.8, 4) is 0 Å². The molecule has 0 bridgehead atoms. The van der Waals surface area contributed by atoms with Gasteiger partial charge in [-0.25, -0.2) is 13.2 Å². The zero-order valence-electron chi connectivity index (χ0n) is 5.85. The average molecular weight is 175 g/mol. The van der Waals surface area contributed by atoms with Gasteiger partial charge in [-0.1, -0.05) is 5.18 Å². The summed E-state index contributed by atoms with van der Waals surface area (Å²) in [6.07, 6.45) is 0. The molecule has 0 aliphatic carbocycles. The van der Waals surface area contributed by atoms with Crippen LogP contribution in [-0.4, -0.2) is 0 Å². The molecule has 0 amide bonds. The summed E-state index contributed by atoms with van der Waals surface area (Å²) < 4.78 is 37.4. The van der Waals surface area contributed by atoms with E-state index in [2.05, 4.69) is 5.18 Å². The van der Waals surface area contributed by atoms with Crippen LogP contribution in [0.15, 0.2) is 17.3 Å². The van der Waals surface area contributed by atoms with Crippen LogP contribution < -0.4 is 0 Å². The Hall–Kier alpha value is -1.39. The molecule has 0 saturated carbocycles. The summed E-state index contributed by atoms with van der Waals surface area (Å²) in [5.41, 5.74) is -0.373. The van der Waals surface area contributed by atoms with Crippen LogP contribution in [0.2, 0.25) is 0 Å². The van der Waals surface area contributed by atoms with Crippen molar-refractivity contribution in [1.29, 1.82) is 0 Å². The number of rotatable bonds is 2. The summed E-state index contributed by atoms with van der Waals surface area (Å²) >= 11 is 0. The van der Waals surface area contributed by atoms with Crippen LogP contribution in [0, 0.1) is 22.4 Å². The first-order valence-electron chi connectivity index (χ1n) is 3.07. The Labute approximate surface area is 66.0 Å². The van der Waals surface area contributed by atoms with Crippen molar-refractivity contribution < 1.29 is 13.2 Å². The van der Waals surface area contributed by atoms with Crippen molar-refractivity contribution in [1.82, 2.24) is 0 Å². The van der Waals surface area contributed by atoms with Crippen LogP contribution in [0.5, 0.6) is 0 Å². The third-order valence-electron chi connectivity index (χ3n) is 1.30. The van der Waals surface area contributed by atoms with Gasteiger partial charge in [0.1, 0.15) is 12.4 Å². The molecule has 0 unspecified atom stereocenters. The largest absolute Gasteiger partial charge is 0.207 e. The first kappa shape index (κ1) is 8.70. The van der Waals surface area contributed by atoms with Crippen LogP contribution >= 0.6 is 0 Å². The van der Waals surface area contributed by atoms with Gasteiger partial charge in [0.15, 0.2) is 11.6 Å². The Morgan fingerprint density at radius 3 is 2.50 bits per heavy atom. The fourth-order valence-corrected chi connectivity index (χ4v) is 0.794. The van der Waals surface area contributed by atoms with E-state index in [1.165, 1.54) is 0 Å². The summed E-state index contributed by atoms with van der Waals surface area (Å²) in [6, 6.07) is 1.14. The fraction of sp³-hybridized carbons (Fsp3) is 0.143. The Morgan fingerprint density at radius 2 is 1.92 bits per heavy atom. The number of hydrogen-bond acceptors (Lipinski definition) is 2. The first-order valence-corrected chi connectivity index (χ1v) is 3.07. The summed E-state index contributed by atoms with van der Waals surface area (Å²) in [5, 5.41) is 2.33. The lowest BCUT2D eigenvalue weighted by Crippen LogP contribution is -1.94. The predicted octanol–water partition coefficient (Wildman–Crippen LogP) is 2.37. The molecule has 0 N–H and O–H groups in total. The van der Waals surface area contributed by atoms with E-state index in [-0.39, 0.29) is 5.56 Å². The molecule has 5 heteroatoms. The second-order valence-electron chi connectivity index (χ2n) is 2.15. The van der Waals surface area contributed by atoms with Crippen molar-refractivity contribution in [2.45, 2.75) is 6.54 Å². The van der Waals surface area contributed by atoms with Crippen molar-refractivity contribution in [2.24, 2.45) is 5.18 Å². The van der Waals surface area contributed by atoms with Gasteiger partial charge >= 0.3 is 0 Å². The summed E-state index contributed by atoms with van der Waals surface area (Å²) in [7, 11) is 0. The minimum absolute atomic E-state index is 0.373. The van der Waals surface area contributed by atoms with Gasteiger partial charge in [-0.3, -0.25) is 0 Å². The zero-order chi connectivity index (χ0) is 9.14. The number of hydrogen-bond donors (Lipinski definition) is 0. The van der Waals surface area contributed by atoms with E-state index in [9.17, 15) is 18.1 Å². The number of benzene rings is 1. The molecule has 1 aromatic rings. The van der Waals surface area contributed by atoms with Gasteiger partial charge in [0, 0.05) is 11.6 Å². The minimum atomic E-state index is -1.31. The highest BCUT2D eigenvalue weighted by Gasteiger charge is 2.10. The van der Waals surface area contributed by atoms with Gasteiger partial charge in [0.2, 0.25) is 0 Å². The third-order valence-corrected chi connectivity index (χ3v) is 1.30. The fourth-order valence-electron chi connectivity index (χ4n) is 0.794. The monoisotopic (exact) mass is 175 g/mol. The summed E-state index contributed by atoms with van der Waals surface area (Å²) in [4.78, 5) is 9.69. The highest BCUT2D eigenvalue weighted by molar-refractivity contribution is 5.20. The first-order chi connectivity index (χ1) is 5.65. The van der Waals surface area contributed by atoms with E-state index in [1.54, 1.807) is 0 Å². The van der Waals surface area contributed by atoms with E-state index >= 15 is 0 Å². The van der Waals surface area contributed by atoms with E-state index in [1.807, 2.05) is 0 Å². The second kappa shape index (κ2) is 3.34. The van der Waals surface area contributed by atoms with Crippen LogP contribution in [0.25, 0.3) is 0 Å². The molecule has 0 heterocycles. The predicted molar refractivity (Wildman–Crippen MR) is 35.8 cm³/mol.